The Labute approximate surface area is 191 Å². The normalized spacial score (nSPS) is 21.0. The van der Waals surface area contributed by atoms with Gasteiger partial charge in [-0.25, -0.2) is 0 Å². The Morgan fingerprint density at radius 2 is 1.75 bits per heavy atom. The van der Waals surface area contributed by atoms with Crippen LogP contribution in [0.5, 0.6) is 0 Å². The molecule has 7 heteroatoms. The summed E-state index contributed by atoms with van der Waals surface area (Å²) < 4.78 is 0. The summed E-state index contributed by atoms with van der Waals surface area (Å²) in [4.78, 5) is 41.2. The van der Waals surface area contributed by atoms with Crippen molar-refractivity contribution in [3.05, 3.63) is 35.9 Å². The zero-order valence-electron chi connectivity index (χ0n) is 19.2. The molecule has 0 unspecified atom stereocenters. The maximum absolute atomic E-state index is 13.0. The number of carboxylic acid groups (broad SMARTS) is 1. The molecule has 2 aliphatic heterocycles. The number of nitrogens with one attached hydrogen (secondary N) is 1. The van der Waals surface area contributed by atoms with E-state index in [4.69, 9.17) is 5.11 Å². The molecule has 2 heterocycles. The highest BCUT2D eigenvalue weighted by atomic mass is 16.4. The van der Waals surface area contributed by atoms with Crippen LogP contribution in [0.15, 0.2) is 30.3 Å². The lowest BCUT2D eigenvalue weighted by molar-refractivity contribution is -0.163. The van der Waals surface area contributed by atoms with Crippen molar-refractivity contribution in [2.24, 2.45) is 0 Å². The van der Waals surface area contributed by atoms with E-state index < -0.39 is 17.6 Å². The van der Waals surface area contributed by atoms with Gasteiger partial charge in [-0.2, -0.15) is 0 Å². The molecule has 0 bridgehead atoms. The highest BCUT2D eigenvalue weighted by Crippen LogP contribution is 2.33. The van der Waals surface area contributed by atoms with Crippen LogP contribution in [0, 0.1) is 0 Å². The van der Waals surface area contributed by atoms with E-state index in [9.17, 15) is 14.4 Å². The Bertz CT molecular complexity index is 775. The number of carboxylic acids is 1. The summed E-state index contributed by atoms with van der Waals surface area (Å²) >= 11 is 0. The van der Waals surface area contributed by atoms with Gasteiger partial charge in [0.25, 0.3) is 0 Å². The molecule has 0 aromatic heterocycles. The maximum Gasteiger partial charge on any atom is 0.305 e. The third-order valence-electron chi connectivity index (χ3n) is 6.85. The molecular formula is C25H37N3O4. The van der Waals surface area contributed by atoms with Crippen LogP contribution in [0.3, 0.4) is 0 Å². The SMILES string of the molecule is CCCN1C(=O)[C@H](CC(=O)O)NC(=O)C12CCN(CCCCCCc1ccccc1)CC2. The molecule has 32 heavy (non-hydrogen) atoms. The molecule has 2 N–H and O–H groups in total. The summed E-state index contributed by atoms with van der Waals surface area (Å²) in [6.07, 6.45) is 7.50. The van der Waals surface area contributed by atoms with Crippen molar-refractivity contribution < 1.29 is 19.5 Å². The molecule has 2 amide bonds. The van der Waals surface area contributed by atoms with Gasteiger partial charge in [0.1, 0.15) is 11.6 Å². The summed E-state index contributed by atoms with van der Waals surface area (Å²) in [6, 6.07) is 9.64. The number of hydrogen-bond acceptors (Lipinski definition) is 4. The number of benzene rings is 1. The third kappa shape index (κ3) is 5.88. The summed E-state index contributed by atoms with van der Waals surface area (Å²) in [5, 5.41) is 11.8. The molecule has 1 spiro atoms. The van der Waals surface area contributed by atoms with Crippen LogP contribution in [0.2, 0.25) is 0 Å². The van der Waals surface area contributed by atoms with Gasteiger partial charge in [-0.05, 0) is 50.6 Å². The summed E-state index contributed by atoms with van der Waals surface area (Å²) in [6.45, 7) is 5.06. The Morgan fingerprint density at radius 1 is 1.06 bits per heavy atom. The smallest absolute Gasteiger partial charge is 0.305 e. The molecule has 2 saturated heterocycles. The number of rotatable bonds is 11. The molecule has 0 aliphatic carbocycles. The summed E-state index contributed by atoms with van der Waals surface area (Å²) in [7, 11) is 0. The van der Waals surface area contributed by atoms with Gasteiger partial charge in [0.2, 0.25) is 11.8 Å². The number of piperazine rings is 1. The predicted molar refractivity (Wildman–Crippen MR) is 123 cm³/mol. The van der Waals surface area contributed by atoms with E-state index in [1.807, 2.05) is 6.92 Å². The number of piperidine rings is 1. The topological polar surface area (TPSA) is 90.0 Å². The van der Waals surface area contributed by atoms with Gasteiger partial charge in [-0.15, -0.1) is 0 Å². The fourth-order valence-corrected chi connectivity index (χ4v) is 5.04. The van der Waals surface area contributed by atoms with E-state index in [1.165, 1.54) is 24.8 Å². The fraction of sp³-hybridized carbons (Fsp3) is 0.640. The highest BCUT2D eigenvalue weighted by Gasteiger charge is 2.53. The van der Waals surface area contributed by atoms with Crippen LogP contribution >= 0.6 is 0 Å². The second-order valence-corrected chi connectivity index (χ2v) is 9.14. The Balaban J connectivity index is 1.44. The molecule has 7 nitrogen and oxygen atoms in total. The van der Waals surface area contributed by atoms with Crippen LogP contribution in [0.25, 0.3) is 0 Å². The van der Waals surface area contributed by atoms with E-state index in [0.29, 0.717) is 19.4 Å². The van der Waals surface area contributed by atoms with Gasteiger partial charge < -0.3 is 20.2 Å². The first-order chi connectivity index (χ1) is 15.5. The van der Waals surface area contributed by atoms with Crippen LogP contribution in [-0.4, -0.2) is 70.4 Å². The molecule has 176 valence electrons. The molecule has 2 fully saturated rings. The van der Waals surface area contributed by atoms with E-state index in [2.05, 4.69) is 40.5 Å². The number of aliphatic carboxylic acids is 1. The first kappa shape index (κ1) is 24.2. The van der Waals surface area contributed by atoms with Gasteiger partial charge in [0, 0.05) is 19.6 Å². The van der Waals surface area contributed by atoms with Gasteiger partial charge in [-0.1, -0.05) is 50.1 Å². The van der Waals surface area contributed by atoms with Crippen molar-refractivity contribution in [3.8, 4) is 0 Å². The van der Waals surface area contributed by atoms with Gasteiger partial charge in [-0.3, -0.25) is 14.4 Å². The number of nitrogens with zero attached hydrogens (tertiary/aromatic N) is 2. The summed E-state index contributed by atoms with van der Waals surface area (Å²) in [5.41, 5.74) is 0.574. The second-order valence-electron chi connectivity index (χ2n) is 9.14. The van der Waals surface area contributed by atoms with Crippen molar-refractivity contribution >= 4 is 17.8 Å². The van der Waals surface area contributed by atoms with Crippen molar-refractivity contribution in [1.82, 2.24) is 15.1 Å². The van der Waals surface area contributed by atoms with E-state index in [-0.39, 0.29) is 18.2 Å². The zero-order chi connectivity index (χ0) is 23.0. The largest absolute Gasteiger partial charge is 0.481 e. The molecule has 2 aliphatic rings. The maximum atomic E-state index is 13.0. The first-order valence-corrected chi connectivity index (χ1v) is 12.1. The first-order valence-electron chi connectivity index (χ1n) is 12.1. The molecule has 1 aromatic carbocycles. The quantitative estimate of drug-likeness (QED) is 0.514. The molecule has 1 aromatic rings. The Morgan fingerprint density at radius 3 is 2.41 bits per heavy atom. The predicted octanol–water partition coefficient (Wildman–Crippen LogP) is 2.84. The number of carbonyl (C=O) groups excluding carboxylic acids is 2. The number of aryl methyl sites for hydroxylation is 1. The lowest BCUT2D eigenvalue weighted by atomic mass is 9.81. The monoisotopic (exact) mass is 443 g/mol. The highest BCUT2D eigenvalue weighted by molar-refractivity contribution is 6.01. The second kappa shape index (κ2) is 11.5. The van der Waals surface area contributed by atoms with E-state index >= 15 is 0 Å². The average Bonchev–Trinajstić information content (AvgIpc) is 2.79. The van der Waals surface area contributed by atoms with Gasteiger partial charge in [0.05, 0.1) is 6.42 Å². The number of amides is 2. The Kier molecular flexibility index (Phi) is 8.67. The van der Waals surface area contributed by atoms with Crippen molar-refractivity contribution in [2.45, 2.75) is 76.3 Å². The van der Waals surface area contributed by atoms with Crippen LogP contribution in [0.1, 0.15) is 63.9 Å². The lowest BCUT2D eigenvalue weighted by Crippen LogP contribution is -2.73. The number of carbonyl (C=O) groups is 3. The molecule has 0 saturated carbocycles. The Hall–Kier alpha value is -2.41. The lowest BCUT2D eigenvalue weighted by Gasteiger charge is -2.51. The number of unbranched alkanes of at least 4 members (excludes halogenated alkanes) is 3. The molecule has 1 atom stereocenters. The van der Waals surface area contributed by atoms with E-state index in [0.717, 1.165) is 38.9 Å². The minimum atomic E-state index is -1.07. The number of likely N-dealkylation sites (tertiary alicyclic amines) is 1. The molecule has 3 rings (SSSR count). The van der Waals surface area contributed by atoms with Crippen molar-refractivity contribution in [2.75, 3.05) is 26.2 Å². The fourth-order valence-electron chi connectivity index (χ4n) is 5.04. The summed E-state index contributed by atoms with van der Waals surface area (Å²) in [5.74, 6) is -1.51. The van der Waals surface area contributed by atoms with Crippen LogP contribution < -0.4 is 5.32 Å². The molecule has 0 radical (unpaired) electrons. The standard InChI is InChI=1S/C25H37N3O4/c1-2-15-28-23(31)21(19-22(29)30)26-24(32)25(28)13-17-27(18-14-25)16-9-4-3-6-10-20-11-7-5-8-12-20/h5,7-8,11-12,21H,2-4,6,9-10,13-19H2,1H3,(H,26,32)(H,29,30)/t21-/m0/s1. The van der Waals surface area contributed by atoms with Crippen molar-refractivity contribution in [3.63, 3.8) is 0 Å². The minimum absolute atomic E-state index is 0.183. The third-order valence-corrected chi connectivity index (χ3v) is 6.85. The van der Waals surface area contributed by atoms with Crippen LogP contribution in [-0.2, 0) is 20.8 Å². The van der Waals surface area contributed by atoms with E-state index in [1.54, 1.807) is 4.90 Å². The van der Waals surface area contributed by atoms with Gasteiger partial charge >= 0.3 is 5.97 Å². The van der Waals surface area contributed by atoms with Gasteiger partial charge in [0.15, 0.2) is 0 Å². The number of hydrogen-bond donors (Lipinski definition) is 2. The minimum Gasteiger partial charge on any atom is -0.481 e. The molecular weight excluding hydrogens is 406 g/mol. The van der Waals surface area contributed by atoms with Crippen molar-refractivity contribution in [1.29, 1.82) is 0 Å². The van der Waals surface area contributed by atoms with Crippen LogP contribution in [0.4, 0.5) is 0 Å². The average molecular weight is 444 g/mol. The zero-order valence-corrected chi connectivity index (χ0v) is 19.2.